The standard InChI is InChI=1S/C16H22N2O3/c1-13-12-20-15-7-5-6-14(16(13)15)17-21-11-4-3-8-18(2)9-10-19/h12,19H,5-11H2,1-2H3/b17-14+. The maximum absolute atomic E-state index is 8.77. The molecular weight excluding hydrogens is 268 g/mol. The minimum absolute atomic E-state index is 0.148. The van der Waals surface area contributed by atoms with Crippen LogP contribution in [-0.4, -0.2) is 49.1 Å². The predicted molar refractivity (Wildman–Crippen MR) is 81.2 cm³/mol. The van der Waals surface area contributed by atoms with Crippen molar-refractivity contribution in [3.05, 3.63) is 23.2 Å². The second-order valence-corrected chi connectivity index (χ2v) is 5.20. The first kappa shape index (κ1) is 15.6. The van der Waals surface area contributed by atoms with Gasteiger partial charge in [-0.15, -0.1) is 0 Å². The molecule has 5 heteroatoms. The van der Waals surface area contributed by atoms with E-state index in [4.69, 9.17) is 14.4 Å². The van der Waals surface area contributed by atoms with Gasteiger partial charge in [-0.2, -0.15) is 0 Å². The van der Waals surface area contributed by atoms with Crippen molar-refractivity contribution in [2.24, 2.45) is 5.16 Å². The van der Waals surface area contributed by atoms with Crippen LogP contribution in [0.5, 0.6) is 0 Å². The number of aliphatic hydroxyl groups excluding tert-OH is 1. The Morgan fingerprint density at radius 1 is 1.43 bits per heavy atom. The van der Waals surface area contributed by atoms with Crippen molar-refractivity contribution in [2.45, 2.75) is 26.2 Å². The van der Waals surface area contributed by atoms with Crippen LogP contribution in [-0.2, 0) is 11.3 Å². The summed E-state index contributed by atoms with van der Waals surface area (Å²) >= 11 is 0. The molecule has 1 heterocycles. The molecular formula is C16H22N2O3. The van der Waals surface area contributed by atoms with E-state index in [0.717, 1.165) is 41.9 Å². The van der Waals surface area contributed by atoms with Gasteiger partial charge in [0.25, 0.3) is 0 Å². The molecule has 0 unspecified atom stereocenters. The fraction of sp³-hybridized carbons (Fsp3) is 0.562. The summed E-state index contributed by atoms with van der Waals surface area (Å²) in [5.74, 6) is 6.92. The molecule has 0 atom stereocenters. The van der Waals surface area contributed by atoms with E-state index in [9.17, 15) is 0 Å². The van der Waals surface area contributed by atoms with Crippen LogP contribution in [0.15, 0.2) is 15.8 Å². The van der Waals surface area contributed by atoms with Gasteiger partial charge in [-0.05, 0) is 32.4 Å². The zero-order valence-corrected chi connectivity index (χ0v) is 12.7. The molecule has 0 amide bonds. The molecule has 1 N–H and O–H groups in total. The molecule has 0 radical (unpaired) electrons. The van der Waals surface area contributed by atoms with Crippen LogP contribution >= 0.6 is 0 Å². The van der Waals surface area contributed by atoms with Crippen LogP contribution in [0.25, 0.3) is 0 Å². The van der Waals surface area contributed by atoms with E-state index in [1.807, 2.05) is 18.9 Å². The van der Waals surface area contributed by atoms with Gasteiger partial charge in [0.15, 0.2) is 6.61 Å². The van der Waals surface area contributed by atoms with Crippen molar-refractivity contribution in [3.8, 4) is 11.8 Å². The van der Waals surface area contributed by atoms with E-state index in [2.05, 4.69) is 17.0 Å². The van der Waals surface area contributed by atoms with E-state index in [1.54, 1.807) is 6.26 Å². The summed E-state index contributed by atoms with van der Waals surface area (Å²) in [6.45, 7) is 3.70. The number of oxime groups is 1. The second kappa shape index (κ2) is 7.87. The van der Waals surface area contributed by atoms with Crippen molar-refractivity contribution in [1.29, 1.82) is 0 Å². The molecule has 2 rings (SSSR count). The third-order valence-electron chi connectivity index (χ3n) is 3.42. The first-order chi connectivity index (χ1) is 10.2. The average molecular weight is 290 g/mol. The number of rotatable bonds is 5. The molecule has 114 valence electrons. The quantitative estimate of drug-likeness (QED) is 0.508. The van der Waals surface area contributed by atoms with Gasteiger partial charge in [0, 0.05) is 18.5 Å². The molecule has 5 nitrogen and oxygen atoms in total. The Morgan fingerprint density at radius 2 is 2.29 bits per heavy atom. The van der Waals surface area contributed by atoms with Gasteiger partial charge in [0.05, 0.1) is 25.1 Å². The van der Waals surface area contributed by atoms with Crippen molar-refractivity contribution in [3.63, 3.8) is 0 Å². The highest BCUT2D eigenvalue weighted by Crippen LogP contribution is 2.26. The van der Waals surface area contributed by atoms with Crippen LogP contribution in [0.1, 0.15) is 29.7 Å². The number of hydrogen-bond donors (Lipinski definition) is 1. The first-order valence-corrected chi connectivity index (χ1v) is 7.23. The monoisotopic (exact) mass is 290 g/mol. The number of nitrogens with zero attached hydrogens (tertiary/aromatic N) is 2. The molecule has 1 aliphatic carbocycles. The molecule has 0 aromatic carbocycles. The lowest BCUT2D eigenvalue weighted by molar-refractivity contribution is 0.178. The maximum Gasteiger partial charge on any atom is 0.177 e. The normalized spacial score (nSPS) is 15.7. The summed E-state index contributed by atoms with van der Waals surface area (Å²) in [5, 5.41) is 13.0. The first-order valence-electron chi connectivity index (χ1n) is 7.23. The second-order valence-electron chi connectivity index (χ2n) is 5.20. The minimum atomic E-state index is 0.148. The third-order valence-corrected chi connectivity index (χ3v) is 3.42. The molecule has 0 saturated carbocycles. The fourth-order valence-corrected chi connectivity index (χ4v) is 2.34. The highest BCUT2D eigenvalue weighted by atomic mass is 16.6. The number of aliphatic hydroxyl groups is 1. The van der Waals surface area contributed by atoms with Gasteiger partial charge in [0.1, 0.15) is 5.76 Å². The molecule has 0 spiro atoms. The SMILES string of the molecule is Cc1coc2c1/C(=N/OCC#CCN(C)CCO)CCC2. The maximum atomic E-state index is 8.77. The summed E-state index contributed by atoms with van der Waals surface area (Å²) in [5.41, 5.74) is 3.18. The Morgan fingerprint density at radius 3 is 3.10 bits per heavy atom. The van der Waals surface area contributed by atoms with Gasteiger partial charge in [-0.3, -0.25) is 4.90 Å². The number of likely N-dealkylation sites (N-methyl/N-ethyl adjacent to an activating group) is 1. The van der Waals surface area contributed by atoms with Gasteiger partial charge in [-0.1, -0.05) is 17.0 Å². The molecule has 1 aromatic rings. The molecule has 1 aromatic heterocycles. The summed E-state index contributed by atoms with van der Waals surface area (Å²) in [6, 6.07) is 0. The number of aryl methyl sites for hydroxylation is 2. The lowest BCUT2D eigenvalue weighted by atomic mass is 9.94. The summed E-state index contributed by atoms with van der Waals surface area (Å²) in [6.07, 6.45) is 4.71. The molecule has 1 aliphatic rings. The Hall–Kier alpha value is -1.77. The van der Waals surface area contributed by atoms with E-state index >= 15 is 0 Å². The number of fused-ring (bicyclic) bond motifs is 1. The third kappa shape index (κ3) is 4.35. The Labute approximate surface area is 125 Å². The van der Waals surface area contributed by atoms with E-state index < -0.39 is 0 Å². The topological polar surface area (TPSA) is 58.2 Å². The highest BCUT2D eigenvalue weighted by Gasteiger charge is 2.21. The zero-order valence-electron chi connectivity index (χ0n) is 12.7. The van der Waals surface area contributed by atoms with E-state index in [0.29, 0.717) is 13.1 Å². The van der Waals surface area contributed by atoms with E-state index in [-0.39, 0.29) is 13.2 Å². The summed E-state index contributed by atoms with van der Waals surface area (Å²) in [4.78, 5) is 7.25. The van der Waals surface area contributed by atoms with Crippen LogP contribution in [0.4, 0.5) is 0 Å². The van der Waals surface area contributed by atoms with Gasteiger partial charge in [-0.25, -0.2) is 0 Å². The van der Waals surface area contributed by atoms with Crippen molar-refractivity contribution >= 4 is 5.71 Å². The lowest BCUT2D eigenvalue weighted by Gasteiger charge is -2.12. The average Bonchev–Trinajstić information content (AvgIpc) is 2.85. The Kier molecular flexibility index (Phi) is 5.85. The summed E-state index contributed by atoms with van der Waals surface area (Å²) in [7, 11) is 1.91. The minimum Gasteiger partial charge on any atom is -0.468 e. The number of furan rings is 1. The zero-order chi connectivity index (χ0) is 15.1. The van der Waals surface area contributed by atoms with Crippen LogP contribution in [0.3, 0.4) is 0 Å². The fourth-order valence-electron chi connectivity index (χ4n) is 2.34. The van der Waals surface area contributed by atoms with Crippen LogP contribution in [0.2, 0.25) is 0 Å². The van der Waals surface area contributed by atoms with Crippen LogP contribution < -0.4 is 0 Å². The van der Waals surface area contributed by atoms with Crippen molar-refractivity contribution in [2.75, 3.05) is 33.4 Å². The Bertz CT molecular complexity index is 552. The molecule has 0 saturated heterocycles. The number of hydrogen-bond acceptors (Lipinski definition) is 5. The highest BCUT2D eigenvalue weighted by molar-refractivity contribution is 6.03. The predicted octanol–water partition coefficient (Wildman–Crippen LogP) is 1.57. The lowest BCUT2D eigenvalue weighted by Crippen LogP contribution is -2.22. The summed E-state index contributed by atoms with van der Waals surface area (Å²) < 4.78 is 5.52. The van der Waals surface area contributed by atoms with E-state index in [1.165, 1.54) is 0 Å². The molecule has 0 bridgehead atoms. The van der Waals surface area contributed by atoms with Crippen molar-refractivity contribution < 1.29 is 14.4 Å². The van der Waals surface area contributed by atoms with Crippen molar-refractivity contribution in [1.82, 2.24) is 4.90 Å². The van der Waals surface area contributed by atoms with Gasteiger partial charge < -0.3 is 14.4 Å². The smallest absolute Gasteiger partial charge is 0.177 e. The molecule has 21 heavy (non-hydrogen) atoms. The van der Waals surface area contributed by atoms with Gasteiger partial charge >= 0.3 is 0 Å². The largest absolute Gasteiger partial charge is 0.468 e. The Balaban J connectivity index is 1.83. The molecule has 0 aliphatic heterocycles. The molecule has 0 fully saturated rings. The van der Waals surface area contributed by atoms with Gasteiger partial charge in [0.2, 0.25) is 0 Å². The van der Waals surface area contributed by atoms with Crippen LogP contribution in [0, 0.1) is 18.8 Å².